The lowest BCUT2D eigenvalue weighted by atomic mass is 10.2. The maximum Gasteiger partial charge on any atom is 0.317 e. The van der Waals surface area contributed by atoms with E-state index in [9.17, 15) is 13.2 Å². The molecule has 1 saturated heterocycles. The van der Waals surface area contributed by atoms with Crippen molar-refractivity contribution in [1.29, 1.82) is 0 Å². The molecule has 1 aromatic heterocycles. The second-order valence-electron chi connectivity index (χ2n) is 6.67. The molecule has 8 nitrogen and oxygen atoms in total. The maximum atomic E-state index is 12.3. The molecule has 0 aliphatic carbocycles. The third kappa shape index (κ3) is 4.61. The number of primary sulfonamides is 1. The minimum absolute atomic E-state index is 0.0834. The molecule has 1 unspecified atom stereocenters. The lowest BCUT2D eigenvalue weighted by Gasteiger charge is -2.17. The van der Waals surface area contributed by atoms with Crippen LogP contribution in [-0.4, -0.2) is 48.0 Å². The van der Waals surface area contributed by atoms with Gasteiger partial charge in [-0.25, -0.2) is 23.0 Å². The zero-order valence-corrected chi connectivity index (χ0v) is 15.4. The number of hydrogen-bond acceptors (Lipinski definition) is 4. The molecule has 0 saturated carbocycles. The summed E-state index contributed by atoms with van der Waals surface area (Å²) >= 11 is 0. The van der Waals surface area contributed by atoms with Gasteiger partial charge in [0, 0.05) is 31.4 Å². The first-order valence-electron chi connectivity index (χ1n) is 8.44. The monoisotopic (exact) mass is 377 g/mol. The Hall–Kier alpha value is -2.39. The molecule has 140 valence electrons. The molecule has 0 radical (unpaired) electrons. The SMILES string of the molecule is Cc1ccccc1-n1cc(CNC(=O)N2CCC(CS(N)(=O)=O)C2)cn1. The molecule has 1 fully saturated rings. The minimum Gasteiger partial charge on any atom is -0.334 e. The highest BCUT2D eigenvalue weighted by Gasteiger charge is 2.28. The van der Waals surface area contributed by atoms with E-state index in [2.05, 4.69) is 10.4 Å². The number of nitrogens with zero attached hydrogens (tertiary/aromatic N) is 3. The summed E-state index contributed by atoms with van der Waals surface area (Å²) in [6.07, 6.45) is 4.26. The Labute approximate surface area is 153 Å². The molecule has 3 N–H and O–H groups in total. The number of rotatable bonds is 5. The Morgan fingerprint density at radius 3 is 2.88 bits per heavy atom. The van der Waals surface area contributed by atoms with Crippen molar-refractivity contribution in [3.8, 4) is 5.69 Å². The zero-order chi connectivity index (χ0) is 18.7. The normalized spacial score (nSPS) is 17.5. The van der Waals surface area contributed by atoms with Gasteiger partial charge in [0.05, 0.1) is 17.6 Å². The average molecular weight is 377 g/mol. The van der Waals surface area contributed by atoms with Crippen LogP contribution in [0.1, 0.15) is 17.5 Å². The van der Waals surface area contributed by atoms with Crippen LogP contribution in [0.2, 0.25) is 0 Å². The first-order chi connectivity index (χ1) is 12.3. The van der Waals surface area contributed by atoms with E-state index in [4.69, 9.17) is 5.14 Å². The zero-order valence-electron chi connectivity index (χ0n) is 14.6. The molecule has 0 bridgehead atoms. The van der Waals surface area contributed by atoms with Crippen LogP contribution < -0.4 is 10.5 Å². The predicted molar refractivity (Wildman–Crippen MR) is 98.2 cm³/mol. The van der Waals surface area contributed by atoms with Crippen LogP contribution in [0.25, 0.3) is 5.69 Å². The fourth-order valence-corrected chi connectivity index (χ4v) is 4.10. The molecule has 2 amide bonds. The van der Waals surface area contributed by atoms with Gasteiger partial charge in [0.2, 0.25) is 10.0 Å². The number of hydrogen-bond donors (Lipinski definition) is 2. The van der Waals surface area contributed by atoms with E-state index in [-0.39, 0.29) is 17.7 Å². The molecule has 0 spiro atoms. The van der Waals surface area contributed by atoms with E-state index in [0.717, 1.165) is 16.8 Å². The van der Waals surface area contributed by atoms with Crippen LogP contribution in [0.4, 0.5) is 4.79 Å². The van der Waals surface area contributed by atoms with E-state index >= 15 is 0 Å². The summed E-state index contributed by atoms with van der Waals surface area (Å²) in [5.74, 6) is -0.181. The van der Waals surface area contributed by atoms with Crippen molar-refractivity contribution in [2.75, 3.05) is 18.8 Å². The van der Waals surface area contributed by atoms with Crippen molar-refractivity contribution in [2.24, 2.45) is 11.1 Å². The topological polar surface area (TPSA) is 110 Å². The lowest BCUT2D eigenvalue weighted by molar-refractivity contribution is 0.207. The molecule has 9 heteroatoms. The number of sulfonamides is 1. The van der Waals surface area contributed by atoms with Crippen molar-refractivity contribution in [2.45, 2.75) is 19.9 Å². The van der Waals surface area contributed by atoms with Gasteiger partial charge < -0.3 is 10.2 Å². The molecule has 1 aliphatic heterocycles. The van der Waals surface area contributed by atoms with E-state index in [1.165, 1.54) is 0 Å². The van der Waals surface area contributed by atoms with Crippen LogP contribution >= 0.6 is 0 Å². The number of carbonyl (C=O) groups is 1. The third-order valence-corrected chi connectivity index (χ3v) is 5.42. The van der Waals surface area contributed by atoms with Crippen molar-refractivity contribution < 1.29 is 13.2 Å². The number of aromatic nitrogens is 2. The molecule has 3 rings (SSSR count). The molecule has 1 aliphatic rings. The molecular weight excluding hydrogens is 354 g/mol. The van der Waals surface area contributed by atoms with Crippen LogP contribution in [0.3, 0.4) is 0 Å². The number of urea groups is 1. The number of aryl methyl sites for hydroxylation is 1. The van der Waals surface area contributed by atoms with Crippen molar-refractivity contribution in [3.05, 3.63) is 47.8 Å². The summed E-state index contributed by atoms with van der Waals surface area (Å²) in [7, 11) is -3.51. The van der Waals surface area contributed by atoms with Crippen molar-refractivity contribution >= 4 is 16.1 Å². The highest BCUT2D eigenvalue weighted by Crippen LogP contribution is 2.17. The number of nitrogens with one attached hydrogen (secondary N) is 1. The lowest BCUT2D eigenvalue weighted by Crippen LogP contribution is -2.38. The number of amides is 2. The predicted octanol–water partition coefficient (Wildman–Crippen LogP) is 1.00. The summed E-state index contributed by atoms with van der Waals surface area (Å²) in [5.41, 5.74) is 3.00. The Balaban J connectivity index is 1.54. The highest BCUT2D eigenvalue weighted by molar-refractivity contribution is 7.89. The van der Waals surface area contributed by atoms with Gasteiger partial charge in [-0.15, -0.1) is 0 Å². The van der Waals surface area contributed by atoms with Gasteiger partial charge in [0.1, 0.15) is 0 Å². The van der Waals surface area contributed by atoms with E-state index < -0.39 is 10.0 Å². The Morgan fingerprint density at radius 1 is 1.38 bits per heavy atom. The van der Waals surface area contributed by atoms with Crippen molar-refractivity contribution in [1.82, 2.24) is 20.0 Å². The molecular formula is C17H23N5O3S. The summed E-state index contributed by atoms with van der Waals surface area (Å²) < 4.78 is 24.1. The first kappa shape index (κ1) is 18.4. The van der Waals surface area contributed by atoms with Gasteiger partial charge in [0.15, 0.2) is 0 Å². The number of carbonyl (C=O) groups excluding carboxylic acids is 1. The fraction of sp³-hybridized carbons (Fsp3) is 0.412. The van der Waals surface area contributed by atoms with Crippen LogP contribution in [-0.2, 0) is 16.6 Å². The van der Waals surface area contributed by atoms with E-state index in [1.54, 1.807) is 15.8 Å². The Bertz CT molecular complexity index is 893. The minimum atomic E-state index is -3.51. The second-order valence-corrected chi connectivity index (χ2v) is 8.33. The largest absolute Gasteiger partial charge is 0.334 e. The van der Waals surface area contributed by atoms with E-state index in [1.807, 2.05) is 37.4 Å². The number of likely N-dealkylation sites (tertiary alicyclic amines) is 1. The number of para-hydroxylation sites is 1. The molecule has 2 heterocycles. The Kier molecular flexibility index (Phi) is 5.28. The summed E-state index contributed by atoms with van der Waals surface area (Å²) in [6.45, 7) is 3.32. The van der Waals surface area contributed by atoms with Crippen molar-refractivity contribution in [3.63, 3.8) is 0 Å². The average Bonchev–Trinajstić information content (AvgIpc) is 3.21. The second kappa shape index (κ2) is 7.46. The molecule has 1 atom stereocenters. The molecule has 2 aromatic rings. The smallest absolute Gasteiger partial charge is 0.317 e. The summed E-state index contributed by atoms with van der Waals surface area (Å²) in [4.78, 5) is 13.9. The molecule has 1 aromatic carbocycles. The number of nitrogens with two attached hydrogens (primary N) is 1. The summed E-state index contributed by atoms with van der Waals surface area (Å²) in [6, 6.07) is 7.73. The standard InChI is InChI=1S/C17H23N5O3S/c1-13-4-2-3-5-16(13)22-11-15(9-20-22)8-19-17(23)21-7-6-14(10-21)12-26(18,24)25/h2-5,9,11,14H,6-8,10,12H2,1H3,(H,19,23)(H2,18,24,25). The van der Waals surface area contributed by atoms with Gasteiger partial charge in [-0.3, -0.25) is 0 Å². The van der Waals surface area contributed by atoms with E-state index in [0.29, 0.717) is 26.1 Å². The fourth-order valence-electron chi connectivity index (χ4n) is 3.17. The Morgan fingerprint density at radius 2 is 2.15 bits per heavy atom. The van der Waals surface area contributed by atoms with Gasteiger partial charge in [-0.1, -0.05) is 18.2 Å². The van der Waals surface area contributed by atoms with Crippen LogP contribution in [0.15, 0.2) is 36.7 Å². The van der Waals surface area contributed by atoms with Crippen LogP contribution in [0, 0.1) is 12.8 Å². The first-order valence-corrected chi connectivity index (χ1v) is 10.2. The quantitative estimate of drug-likeness (QED) is 0.810. The number of benzene rings is 1. The van der Waals surface area contributed by atoms with Crippen LogP contribution in [0.5, 0.6) is 0 Å². The van der Waals surface area contributed by atoms with Gasteiger partial charge in [-0.05, 0) is 30.9 Å². The van der Waals surface area contributed by atoms with Gasteiger partial charge >= 0.3 is 6.03 Å². The van der Waals surface area contributed by atoms with Gasteiger partial charge in [-0.2, -0.15) is 5.10 Å². The van der Waals surface area contributed by atoms with Gasteiger partial charge in [0.25, 0.3) is 0 Å². The molecule has 26 heavy (non-hydrogen) atoms. The summed E-state index contributed by atoms with van der Waals surface area (Å²) in [5, 5.41) is 12.3. The highest BCUT2D eigenvalue weighted by atomic mass is 32.2. The maximum absolute atomic E-state index is 12.3. The third-order valence-electron chi connectivity index (χ3n) is 4.48.